The lowest BCUT2D eigenvalue weighted by atomic mass is 10.1. The van der Waals surface area contributed by atoms with Gasteiger partial charge in [-0.05, 0) is 31.4 Å². The first-order chi connectivity index (χ1) is 7.66. The predicted octanol–water partition coefficient (Wildman–Crippen LogP) is 1.81. The monoisotopic (exact) mass is 219 g/mol. The molecule has 0 saturated heterocycles. The Balaban J connectivity index is 1.69. The molecular formula is C13H17NO2. The maximum absolute atomic E-state index is 10.6. The molecule has 1 saturated carbocycles. The van der Waals surface area contributed by atoms with Crippen molar-refractivity contribution >= 4 is 5.97 Å². The Kier molecular flexibility index (Phi) is 3.25. The van der Waals surface area contributed by atoms with Crippen molar-refractivity contribution < 1.29 is 9.90 Å². The van der Waals surface area contributed by atoms with Crippen LogP contribution in [-0.4, -0.2) is 17.6 Å². The van der Waals surface area contributed by atoms with Crippen LogP contribution in [0.3, 0.4) is 0 Å². The number of rotatable bonds is 5. The molecule has 1 aliphatic carbocycles. The van der Waals surface area contributed by atoms with Gasteiger partial charge in [-0.2, -0.15) is 0 Å². The molecular weight excluding hydrogens is 202 g/mol. The topological polar surface area (TPSA) is 49.3 Å². The Morgan fingerprint density at radius 2 is 2.12 bits per heavy atom. The van der Waals surface area contributed by atoms with Gasteiger partial charge in [0.1, 0.15) is 0 Å². The number of benzene rings is 1. The molecule has 0 spiro atoms. The van der Waals surface area contributed by atoms with Crippen LogP contribution in [0.4, 0.5) is 0 Å². The lowest BCUT2D eigenvalue weighted by Crippen LogP contribution is -2.18. The summed E-state index contributed by atoms with van der Waals surface area (Å²) >= 11 is 0. The Morgan fingerprint density at radius 3 is 2.69 bits per heavy atom. The van der Waals surface area contributed by atoms with Crippen molar-refractivity contribution in [3.05, 3.63) is 35.4 Å². The summed E-state index contributed by atoms with van der Waals surface area (Å²) in [6.07, 6.45) is 0.830. The summed E-state index contributed by atoms with van der Waals surface area (Å²) in [7, 11) is 0. The highest BCUT2D eigenvalue weighted by atomic mass is 16.4. The average Bonchev–Trinajstić information content (AvgIpc) is 3.01. The van der Waals surface area contributed by atoms with Crippen LogP contribution in [-0.2, 0) is 11.3 Å². The fraction of sp³-hybridized carbons (Fsp3) is 0.462. The van der Waals surface area contributed by atoms with E-state index >= 15 is 0 Å². The van der Waals surface area contributed by atoms with Crippen LogP contribution in [0.1, 0.15) is 17.5 Å². The van der Waals surface area contributed by atoms with E-state index in [1.807, 2.05) is 0 Å². The average molecular weight is 219 g/mol. The van der Waals surface area contributed by atoms with Gasteiger partial charge in [0.2, 0.25) is 0 Å². The molecule has 3 heteroatoms. The second-order valence-electron chi connectivity index (χ2n) is 4.56. The Morgan fingerprint density at radius 1 is 1.44 bits per heavy atom. The van der Waals surface area contributed by atoms with E-state index < -0.39 is 5.97 Å². The van der Waals surface area contributed by atoms with Crippen LogP contribution < -0.4 is 5.32 Å². The SMILES string of the molecule is Cc1ccc(CNCC2CC2C(=O)O)cc1. The van der Waals surface area contributed by atoms with Crippen LogP contribution in [0.25, 0.3) is 0 Å². The maximum Gasteiger partial charge on any atom is 0.306 e. The van der Waals surface area contributed by atoms with Crippen LogP contribution in [0.15, 0.2) is 24.3 Å². The third kappa shape index (κ3) is 2.83. The number of carboxylic acids is 1. The zero-order valence-electron chi connectivity index (χ0n) is 9.44. The molecule has 1 aromatic rings. The summed E-state index contributed by atoms with van der Waals surface area (Å²) in [5.41, 5.74) is 2.51. The molecule has 1 aromatic carbocycles. The van der Waals surface area contributed by atoms with E-state index in [-0.39, 0.29) is 5.92 Å². The van der Waals surface area contributed by atoms with Gasteiger partial charge in [-0.15, -0.1) is 0 Å². The molecule has 16 heavy (non-hydrogen) atoms. The summed E-state index contributed by atoms with van der Waals surface area (Å²) in [5, 5.41) is 12.0. The fourth-order valence-corrected chi connectivity index (χ4v) is 1.88. The highest BCUT2D eigenvalue weighted by molar-refractivity contribution is 5.73. The number of carboxylic acid groups (broad SMARTS) is 1. The van der Waals surface area contributed by atoms with E-state index in [1.54, 1.807) is 0 Å². The van der Waals surface area contributed by atoms with Gasteiger partial charge < -0.3 is 10.4 Å². The van der Waals surface area contributed by atoms with Crippen molar-refractivity contribution in [1.29, 1.82) is 0 Å². The number of carbonyl (C=O) groups is 1. The first-order valence-electron chi connectivity index (χ1n) is 5.66. The standard InChI is InChI=1S/C13H17NO2/c1-9-2-4-10(5-3-9)7-14-8-11-6-12(11)13(15)16/h2-5,11-12,14H,6-8H2,1H3,(H,15,16). The van der Waals surface area contributed by atoms with Crippen molar-refractivity contribution in [2.75, 3.05) is 6.54 Å². The Labute approximate surface area is 95.5 Å². The molecule has 2 rings (SSSR count). The summed E-state index contributed by atoms with van der Waals surface area (Å²) in [6.45, 7) is 3.70. The zero-order chi connectivity index (χ0) is 11.5. The third-order valence-electron chi connectivity index (χ3n) is 3.10. The van der Waals surface area contributed by atoms with Crippen molar-refractivity contribution in [1.82, 2.24) is 5.32 Å². The second kappa shape index (κ2) is 4.66. The third-order valence-corrected chi connectivity index (χ3v) is 3.10. The number of aliphatic carboxylic acids is 1. The number of aryl methyl sites for hydroxylation is 1. The van der Waals surface area contributed by atoms with Crippen LogP contribution in [0.5, 0.6) is 0 Å². The number of hydrogen-bond acceptors (Lipinski definition) is 2. The highest BCUT2D eigenvalue weighted by Crippen LogP contribution is 2.37. The Hall–Kier alpha value is -1.35. The van der Waals surface area contributed by atoms with Crippen molar-refractivity contribution in [2.24, 2.45) is 11.8 Å². The van der Waals surface area contributed by atoms with Gasteiger partial charge in [0.15, 0.2) is 0 Å². The van der Waals surface area contributed by atoms with Gasteiger partial charge in [-0.25, -0.2) is 0 Å². The molecule has 0 radical (unpaired) electrons. The van der Waals surface area contributed by atoms with Gasteiger partial charge in [0.25, 0.3) is 0 Å². The molecule has 1 aliphatic rings. The summed E-state index contributed by atoms with van der Waals surface area (Å²) in [4.78, 5) is 10.6. The zero-order valence-corrected chi connectivity index (χ0v) is 9.44. The van der Waals surface area contributed by atoms with Crippen molar-refractivity contribution in [3.8, 4) is 0 Å². The lowest BCUT2D eigenvalue weighted by molar-refractivity contribution is -0.138. The van der Waals surface area contributed by atoms with Crippen molar-refractivity contribution in [2.45, 2.75) is 19.9 Å². The second-order valence-corrected chi connectivity index (χ2v) is 4.56. The molecule has 1 fully saturated rings. The summed E-state index contributed by atoms with van der Waals surface area (Å²) < 4.78 is 0. The maximum atomic E-state index is 10.6. The van der Waals surface area contributed by atoms with Crippen molar-refractivity contribution in [3.63, 3.8) is 0 Å². The molecule has 0 aromatic heterocycles. The van der Waals surface area contributed by atoms with Crippen LogP contribution in [0.2, 0.25) is 0 Å². The van der Waals surface area contributed by atoms with Crippen LogP contribution >= 0.6 is 0 Å². The van der Waals surface area contributed by atoms with Gasteiger partial charge in [-0.1, -0.05) is 29.8 Å². The molecule has 2 atom stereocenters. The van der Waals surface area contributed by atoms with E-state index in [4.69, 9.17) is 5.11 Å². The minimum absolute atomic E-state index is 0.106. The summed E-state index contributed by atoms with van der Waals surface area (Å²) in [5.74, 6) is -0.421. The van der Waals surface area contributed by atoms with Crippen LogP contribution in [0, 0.1) is 18.8 Å². The molecule has 3 nitrogen and oxygen atoms in total. The molecule has 0 amide bonds. The fourth-order valence-electron chi connectivity index (χ4n) is 1.88. The molecule has 86 valence electrons. The Bertz CT molecular complexity index is 372. The van der Waals surface area contributed by atoms with E-state index in [9.17, 15) is 4.79 Å². The predicted molar refractivity (Wildman–Crippen MR) is 62.1 cm³/mol. The van der Waals surface area contributed by atoms with Gasteiger partial charge >= 0.3 is 5.97 Å². The number of nitrogens with one attached hydrogen (secondary N) is 1. The van der Waals surface area contributed by atoms with Gasteiger partial charge in [0, 0.05) is 6.54 Å². The lowest BCUT2D eigenvalue weighted by Gasteiger charge is -2.04. The molecule has 0 bridgehead atoms. The minimum atomic E-state index is -0.651. The highest BCUT2D eigenvalue weighted by Gasteiger charge is 2.42. The molecule has 0 heterocycles. The molecule has 0 aliphatic heterocycles. The first kappa shape index (κ1) is 11.1. The van der Waals surface area contributed by atoms with E-state index in [0.717, 1.165) is 19.5 Å². The first-order valence-corrected chi connectivity index (χ1v) is 5.66. The minimum Gasteiger partial charge on any atom is -0.481 e. The number of hydrogen-bond donors (Lipinski definition) is 2. The quantitative estimate of drug-likeness (QED) is 0.794. The summed E-state index contributed by atoms with van der Waals surface area (Å²) in [6, 6.07) is 8.39. The van der Waals surface area contributed by atoms with E-state index in [2.05, 4.69) is 36.5 Å². The molecule has 2 unspecified atom stereocenters. The van der Waals surface area contributed by atoms with E-state index in [1.165, 1.54) is 11.1 Å². The molecule has 2 N–H and O–H groups in total. The van der Waals surface area contributed by atoms with Gasteiger partial charge in [0.05, 0.1) is 5.92 Å². The smallest absolute Gasteiger partial charge is 0.306 e. The largest absolute Gasteiger partial charge is 0.481 e. The normalized spacial score (nSPS) is 23.1. The van der Waals surface area contributed by atoms with E-state index in [0.29, 0.717) is 5.92 Å². The van der Waals surface area contributed by atoms with Gasteiger partial charge in [-0.3, -0.25) is 4.79 Å².